The van der Waals surface area contributed by atoms with Crippen LogP contribution in [0.15, 0.2) is 53.5 Å². The molecule has 8 nitrogen and oxygen atoms in total. The SMILES string of the molecule is CCOc1cc(F)cc(-c2ccc(C(=O)NS(=O)(=O)C3=CC=CCC3=O)c(N3C[C@@H](C)CC3(C)C)n2)c1. The summed E-state index contributed by atoms with van der Waals surface area (Å²) in [6, 6.07) is 7.28. The van der Waals surface area contributed by atoms with Crippen molar-refractivity contribution in [3.8, 4) is 17.0 Å². The average molecular weight is 528 g/mol. The smallest absolute Gasteiger partial charge is 0.268 e. The molecule has 1 aliphatic heterocycles. The lowest BCUT2D eigenvalue weighted by atomic mass is 9.97. The number of carbonyl (C=O) groups is 2. The molecule has 1 N–H and O–H groups in total. The average Bonchev–Trinajstić information content (AvgIpc) is 3.10. The fourth-order valence-corrected chi connectivity index (χ4v) is 6.01. The van der Waals surface area contributed by atoms with Crippen LogP contribution in [0.3, 0.4) is 0 Å². The number of Topliss-reactive ketones (excluding diaryl/α,β-unsaturated/α-hetero) is 1. The molecule has 0 radical (unpaired) electrons. The van der Waals surface area contributed by atoms with E-state index in [1.165, 1.54) is 36.4 Å². The van der Waals surface area contributed by atoms with E-state index in [1.54, 1.807) is 19.1 Å². The molecule has 2 heterocycles. The first-order chi connectivity index (χ1) is 17.4. The quantitative estimate of drug-likeness (QED) is 0.570. The molecule has 0 bridgehead atoms. The van der Waals surface area contributed by atoms with Gasteiger partial charge in [-0.2, -0.15) is 0 Å². The summed E-state index contributed by atoms with van der Waals surface area (Å²) in [4.78, 5) is 31.7. The minimum absolute atomic E-state index is 0.0373. The lowest BCUT2D eigenvalue weighted by Gasteiger charge is -2.34. The Bertz CT molecular complexity index is 1420. The second-order valence-electron chi connectivity index (χ2n) is 9.93. The summed E-state index contributed by atoms with van der Waals surface area (Å²) in [5.74, 6) is -1.06. The molecule has 1 aliphatic carbocycles. The highest BCUT2D eigenvalue weighted by molar-refractivity contribution is 7.95. The van der Waals surface area contributed by atoms with Gasteiger partial charge in [0.2, 0.25) is 0 Å². The van der Waals surface area contributed by atoms with Gasteiger partial charge in [-0.1, -0.05) is 19.1 Å². The number of ketones is 1. The summed E-state index contributed by atoms with van der Waals surface area (Å²) in [6.07, 6.45) is 4.96. The number of carbonyl (C=O) groups excluding carboxylic acids is 2. The zero-order valence-electron chi connectivity index (χ0n) is 21.2. The van der Waals surface area contributed by atoms with Crippen LogP contribution in [0.1, 0.15) is 50.9 Å². The van der Waals surface area contributed by atoms with E-state index in [2.05, 4.69) is 6.92 Å². The number of benzene rings is 1. The standard InChI is InChI=1S/C27H30FN3O5S/c1-5-36-20-13-18(12-19(28)14-20)22-11-10-21(25(29-22)31-16-17(2)15-27(31,3)4)26(33)30-37(34,35)24-9-7-6-8-23(24)32/h6-7,9-14,17H,5,8,15-16H2,1-4H3,(H,30,33)/t17-/m0/s1. The highest BCUT2D eigenvalue weighted by Gasteiger charge is 2.39. The molecule has 2 aliphatic rings. The molecule has 1 atom stereocenters. The van der Waals surface area contributed by atoms with Gasteiger partial charge in [-0.05, 0) is 63.5 Å². The highest BCUT2D eigenvalue weighted by Crippen LogP contribution is 2.38. The fraction of sp³-hybridized carbons (Fsp3) is 0.370. The molecule has 0 saturated carbocycles. The molecule has 0 unspecified atom stereocenters. The van der Waals surface area contributed by atoms with Crippen LogP contribution in [-0.2, 0) is 14.8 Å². The molecule has 2 aromatic rings. The highest BCUT2D eigenvalue weighted by atomic mass is 32.2. The van der Waals surface area contributed by atoms with Gasteiger partial charge in [-0.3, -0.25) is 9.59 Å². The number of halogens is 1. The van der Waals surface area contributed by atoms with E-state index in [9.17, 15) is 22.4 Å². The maximum absolute atomic E-state index is 14.3. The van der Waals surface area contributed by atoms with E-state index in [-0.39, 0.29) is 23.3 Å². The molecule has 4 rings (SSSR count). The second kappa shape index (κ2) is 10.1. The van der Waals surface area contributed by atoms with E-state index in [0.29, 0.717) is 36.1 Å². The number of rotatable bonds is 7. The van der Waals surface area contributed by atoms with Crippen LogP contribution < -0.4 is 14.4 Å². The Morgan fingerprint density at radius 2 is 2.03 bits per heavy atom. The largest absolute Gasteiger partial charge is 0.494 e. The number of nitrogens with zero attached hydrogens (tertiary/aromatic N) is 2. The molecule has 1 fully saturated rings. The van der Waals surface area contributed by atoms with Crippen molar-refractivity contribution in [2.24, 2.45) is 5.92 Å². The number of hydrogen-bond donors (Lipinski definition) is 1. The number of sulfonamides is 1. The molecule has 10 heteroatoms. The van der Waals surface area contributed by atoms with E-state index in [0.717, 1.165) is 6.42 Å². The summed E-state index contributed by atoms with van der Waals surface area (Å²) in [5, 5.41) is 0. The summed E-state index contributed by atoms with van der Waals surface area (Å²) < 4.78 is 47.6. The predicted molar refractivity (Wildman–Crippen MR) is 139 cm³/mol. The van der Waals surface area contributed by atoms with E-state index in [1.807, 2.05) is 23.5 Å². The third-order valence-corrected chi connectivity index (χ3v) is 7.80. The first-order valence-electron chi connectivity index (χ1n) is 12.1. The van der Waals surface area contributed by atoms with Gasteiger partial charge < -0.3 is 9.64 Å². The van der Waals surface area contributed by atoms with Crippen LogP contribution in [0.25, 0.3) is 11.3 Å². The summed E-state index contributed by atoms with van der Waals surface area (Å²) in [5.41, 5.74) is 0.527. The molecular formula is C27H30FN3O5S. The van der Waals surface area contributed by atoms with Crippen molar-refractivity contribution in [3.63, 3.8) is 0 Å². The predicted octanol–water partition coefficient (Wildman–Crippen LogP) is 4.38. The monoisotopic (exact) mass is 527 g/mol. The van der Waals surface area contributed by atoms with E-state index < -0.39 is 32.4 Å². The first kappa shape index (κ1) is 26.5. The normalized spacial score (nSPS) is 19.1. The van der Waals surface area contributed by atoms with Crippen molar-refractivity contribution in [2.45, 2.75) is 46.1 Å². The zero-order valence-corrected chi connectivity index (χ0v) is 22.1. The van der Waals surface area contributed by atoms with Crippen LogP contribution in [0.2, 0.25) is 0 Å². The molecule has 1 aromatic carbocycles. The lowest BCUT2D eigenvalue weighted by Crippen LogP contribution is -2.41. The second-order valence-corrected chi connectivity index (χ2v) is 11.6. The van der Waals surface area contributed by atoms with E-state index >= 15 is 0 Å². The number of pyridine rings is 1. The number of hydrogen-bond acceptors (Lipinski definition) is 7. The summed E-state index contributed by atoms with van der Waals surface area (Å²) >= 11 is 0. The van der Waals surface area contributed by atoms with Crippen molar-refractivity contribution >= 4 is 27.5 Å². The third-order valence-electron chi connectivity index (χ3n) is 6.40. The van der Waals surface area contributed by atoms with Crippen LogP contribution in [-0.4, -0.2) is 43.8 Å². The van der Waals surface area contributed by atoms with Gasteiger partial charge in [-0.25, -0.2) is 22.5 Å². The Morgan fingerprint density at radius 3 is 2.68 bits per heavy atom. The Labute approximate surface area is 216 Å². The molecule has 0 spiro atoms. The van der Waals surface area contributed by atoms with Gasteiger partial charge >= 0.3 is 0 Å². The minimum Gasteiger partial charge on any atom is -0.494 e. The van der Waals surface area contributed by atoms with Crippen LogP contribution >= 0.6 is 0 Å². The van der Waals surface area contributed by atoms with Gasteiger partial charge in [-0.15, -0.1) is 0 Å². The van der Waals surface area contributed by atoms with Crippen molar-refractivity contribution in [2.75, 3.05) is 18.1 Å². The van der Waals surface area contributed by atoms with Crippen LogP contribution in [0, 0.1) is 11.7 Å². The van der Waals surface area contributed by atoms with Gasteiger partial charge in [0.25, 0.3) is 15.9 Å². The number of aromatic nitrogens is 1. The van der Waals surface area contributed by atoms with Crippen LogP contribution in [0.4, 0.5) is 10.2 Å². The summed E-state index contributed by atoms with van der Waals surface area (Å²) in [6.45, 7) is 8.90. The maximum atomic E-state index is 14.3. The Hall–Kier alpha value is -3.53. The fourth-order valence-electron chi connectivity index (χ4n) is 4.91. The van der Waals surface area contributed by atoms with Crippen molar-refractivity contribution < 1.29 is 27.1 Å². The van der Waals surface area contributed by atoms with E-state index in [4.69, 9.17) is 9.72 Å². The molecule has 37 heavy (non-hydrogen) atoms. The van der Waals surface area contributed by atoms with Gasteiger partial charge in [0.1, 0.15) is 22.3 Å². The third kappa shape index (κ3) is 5.58. The Balaban J connectivity index is 1.78. The topological polar surface area (TPSA) is 106 Å². The lowest BCUT2D eigenvalue weighted by molar-refractivity contribution is -0.114. The summed E-state index contributed by atoms with van der Waals surface area (Å²) in [7, 11) is -4.39. The number of anilines is 1. The van der Waals surface area contributed by atoms with Crippen molar-refractivity contribution in [1.82, 2.24) is 9.71 Å². The van der Waals surface area contributed by atoms with Crippen molar-refractivity contribution in [1.29, 1.82) is 0 Å². The molecule has 196 valence electrons. The zero-order chi connectivity index (χ0) is 27.0. The molecule has 1 aromatic heterocycles. The number of amides is 1. The molecule has 1 saturated heterocycles. The first-order valence-corrected chi connectivity index (χ1v) is 13.6. The molecular weight excluding hydrogens is 497 g/mol. The number of ether oxygens (including phenoxy) is 1. The van der Waals surface area contributed by atoms with Gasteiger partial charge in [0, 0.05) is 30.1 Å². The Morgan fingerprint density at radius 1 is 1.27 bits per heavy atom. The number of nitrogens with one attached hydrogen (secondary N) is 1. The molecule has 1 amide bonds. The maximum Gasteiger partial charge on any atom is 0.268 e. The van der Waals surface area contributed by atoms with Gasteiger partial charge in [0.05, 0.1) is 17.9 Å². The van der Waals surface area contributed by atoms with Crippen LogP contribution in [0.5, 0.6) is 5.75 Å². The van der Waals surface area contributed by atoms with Gasteiger partial charge in [0.15, 0.2) is 5.78 Å². The number of allylic oxidation sites excluding steroid dienone is 4. The Kier molecular flexibility index (Phi) is 7.23. The minimum atomic E-state index is -4.39. The van der Waals surface area contributed by atoms with Crippen molar-refractivity contribution in [3.05, 3.63) is 64.8 Å².